The standard InChI is InChI=1S/C18H22NO2P/c1-19-18-11-15(20-2)7-8-17(18)14-4-3-13-10-16(21-22)6-5-12(13)9-14/h5-8,10-11,14,19H,3-4,9,22H2,1-2H3. The van der Waals surface area contributed by atoms with Crippen molar-refractivity contribution in [3.8, 4) is 11.5 Å². The zero-order chi connectivity index (χ0) is 15.5. The average molecular weight is 315 g/mol. The highest BCUT2D eigenvalue weighted by molar-refractivity contribution is 7.10. The molecule has 2 aromatic rings. The van der Waals surface area contributed by atoms with Gasteiger partial charge in [-0.2, -0.15) is 0 Å². The maximum absolute atomic E-state index is 5.32. The first-order valence-electron chi connectivity index (χ1n) is 7.59. The molecule has 22 heavy (non-hydrogen) atoms. The van der Waals surface area contributed by atoms with Crippen LogP contribution in [0.1, 0.15) is 29.0 Å². The van der Waals surface area contributed by atoms with Crippen LogP contribution in [0.4, 0.5) is 5.69 Å². The summed E-state index contributed by atoms with van der Waals surface area (Å²) in [5.74, 6) is 2.36. The first-order valence-corrected chi connectivity index (χ1v) is 8.06. The highest BCUT2D eigenvalue weighted by Gasteiger charge is 2.22. The van der Waals surface area contributed by atoms with Gasteiger partial charge in [0.25, 0.3) is 0 Å². The van der Waals surface area contributed by atoms with Gasteiger partial charge in [0.05, 0.1) is 16.6 Å². The van der Waals surface area contributed by atoms with E-state index in [4.69, 9.17) is 9.26 Å². The van der Waals surface area contributed by atoms with E-state index in [2.05, 4.69) is 45.1 Å². The van der Waals surface area contributed by atoms with Crippen LogP contribution in [0.15, 0.2) is 36.4 Å². The third kappa shape index (κ3) is 2.91. The number of hydrogen-bond donors (Lipinski definition) is 1. The molecule has 116 valence electrons. The molecule has 1 N–H and O–H groups in total. The van der Waals surface area contributed by atoms with E-state index in [1.165, 1.54) is 16.7 Å². The molecule has 0 bridgehead atoms. The predicted octanol–water partition coefficient (Wildman–Crippen LogP) is 4.18. The van der Waals surface area contributed by atoms with E-state index in [0.29, 0.717) is 5.92 Å². The first-order chi connectivity index (χ1) is 10.7. The highest BCUT2D eigenvalue weighted by Crippen LogP contribution is 2.38. The maximum atomic E-state index is 5.32. The van der Waals surface area contributed by atoms with Gasteiger partial charge in [-0.3, -0.25) is 0 Å². The lowest BCUT2D eigenvalue weighted by Crippen LogP contribution is -2.14. The van der Waals surface area contributed by atoms with Crippen molar-refractivity contribution in [1.82, 2.24) is 0 Å². The van der Waals surface area contributed by atoms with Crippen LogP contribution in [-0.4, -0.2) is 14.2 Å². The normalized spacial score (nSPS) is 16.8. The first kappa shape index (κ1) is 15.2. The topological polar surface area (TPSA) is 30.5 Å². The number of nitrogens with one attached hydrogen (secondary N) is 1. The van der Waals surface area contributed by atoms with Gasteiger partial charge in [-0.1, -0.05) is 12.1 Å². The summed E-state index contributed by atoms with van der Waals surface area (Å²) in [6.45, 7) is 0. The molecule has 0 saturated heterocycles. The molecule has 0 radical (unpaired) electrons. The molecular formula is C18H22NO2P. The van der Waals surface area contributed by atoms with E-state index in [-0.39, 0.29) is 0 Å². The van der Waals surface area contributed by atoms with Gasteiger partial charge in [-0.15, -0.1) is 0 Å². The van der Waals surface area contributed by atoms with Gasteiger partial charge in [0.2, 0.25) is 0 Å². The van der Waals surface area contributed by atoms with Gasteiger partial charge in [-0.05, 0) is 60.1 Å². The summed E-state index contributed by atoms with van der Waals surface area (Å²) in [7, 11) is 5.99. The van der Waals surface area contributed by atoms with Gasteiger partial charge in [0.15, 0.2) is 0 Å². The lowest BCUT2D eigenvalue weighted by molar-refractivity contribution is 0.414. The molecule has 0 heterocycles. The molecule has 2 unspecified atom stereocenters. The zero-order valence-electron chi connectivity index (χ0n) is 13.1. The molecule has 0 aliphatic heterocycles. The number of ether oxygens (including phenoxy) is 1. The van der Waals surface area contributed by atoms with Gasteiger partial charge < -0.3 is 14.6 Å². The van der Waals surface area contributed by atoms with Crippen LogP contribution in [0.5, 0.6) is 11.5 Å². The quantitative estimate of drug-likeness (QED) is 0.859. The molecule has 1 aliphatic carbocycles. The van der Waals surface area contributed by atoms with Crippen LogP contribution in [0.3, 0.4) is 0 Å². The van der Waals surface area contributed by atoms with E-state index in [0.717, 1.165) is 36.4 Å². The number of hydrogen-bond acceptors (Lipinski definition) is 3. The van der Waals surface area contributed by atoms with Crippen molar-refractivity contribution in [2.24, 2.45) is 0 Å². The van der Waals surface area contributed by atoms with Gasteiger partial charge in [0, 0.05) is 18.8 Å². The Bertz CT molecular complexity index is 672. The van der Waals surface area contributed by atoms with Crippen LogP contribution < -0.4 is 14.6 Å². The molecule has 0 fully saturated rings. The predicted molar refractivity (Wildman–Crippen MR) is 94.1 cm³/mol. The molecule has 0 saturated carbocycles. The van der Waals surface area contributed by atoms with Crippen molar-refractivity contribution in [1.29, 1.82) is 0 Å². The van der Waals surface area contributed by atoms with Gasteiger partial charge in [-0.25, -0.2) is 0 Å². The van der Waals surface area contributed by atoms with Crippen molar-refractivity contribution in [2.75, 3.05) is 19.5 Å². The third-order valence-electron chi connectivity index (χ3n) is 4.51. The number of aryl methyl sites for hydroxylation is 1. The number of fused-ring (bicyclic) bond motifs is 1. The van der Waals surface area contributed by atoms with Crippen molar-refractivity contribution in [2.45, 2.75) is 25.2 Å². The summed E-state index contributed by atoms with van der Waals surface area (Å²) in [5.41, 5.74) is 5.38. The molecular weight excluding hydrogens is 293 g/mol. The SMILES string of the molecule is CNc1cc(OC)ccc1C1CCc2cc(OP)ccc2C1. The second kappa shape index (κ2) is 6.58. The zero-order valence-corrected chi connectivity index (χ0v) is 14.2. The Labute approximate surface area is 134 Å². The Kier molecular flexibility index (Phi) is 4.54. The number of anilines is 1. The summed E-state index contributed by atoms with van der Waals surface area (Å²) in [5, 5.41) is 3.31. The monoisotopic (exact) mass is 315 g/mol. The number of methoxy groups -OCH3 is 1. The minimum atomic E-state index is 0.545. The van der Waals surface area contributed by atoms with E-state index < -0.39 is 0 Å². The molecule has 0 amide bonds. The van der Waals surface area contributed by atoms with E-state index >= 15 is 0 Å². The van der Waals surface area contributed by atoms with E-state index in [1.54, 1.807) is 7.11 Å². The van der Waals surface area contributed by atoms with Crippen LogP contribution in [0.2, 0.25) is 0 Å². The maximum Gasteiger partial charge on any atom is 0.122 e. The second-order valence-electron chi connectivity index (χ2n) is 5.69. The molecule has 2 aromatic carbocycles. The molecule has 1 aliphatic rings. The van der Waals surface area contributed by atoms with Gasteiger partial charge in [0.1, 0.15) is 11.5 Å². The lowest BCUT2D eigenvalue weighted by atomic mass is 9.79. The van der Waals surface area contributed by atoms with Crippen molar-refractivity contribution in [3.05, 3.63) is 53.1 Å². The smallest absolute Gasteiger partial charge is 0.122 e. The van der Waals surface area contributed by atoms with Crippen LogP contribution in [0, 0.1) is 0 Å². The largest absolute Gasteiger partial charge is 0.497 e. The fourth-order valence-electron chi connectivity index (χ4n) is 3.31. The molecule has 3 nitrogen and oxygen atoms in total. The van der Waals surface area contributed by atoms with Crippen LogP contribution >= 0.6 is 9.47 Å². The summed E-state index contributed by atoms with van der Waals surface area (Å²) >= 11 is 0. The fourth-order valence-corrected chi connectivity index (χ4v) is 3.45. The Morgan fingerprint density at radius 2 is 1.91 bits per heavy atom. The Balaban J connectivity index is 1.88. The molecule has 3 rings (SSSR count). The lowest BCUT2D eigenvalue weighted by Gasteiger charge is -2.27. The minimum absolute atomic E-state index is 0.545. The number of rotatable bonds is 4. The minimum Gasteiger partial charge on any atom is -0.497 e. The fraction of sp³-hybridized carbons (Fsp3) is 0.333. The van der Waals surface area contributed by atoms with Crippen molar-refractivity contribution >= 4 is 15.2 Å². The molecule has 2 atom stereocenters. The Morgan fingerprint density at radius 1 is 1.09 bits per heavy atom. The van der Waals surface area contributed by atoms with E-state index in [9.17, 15) is 0 Å². The van der Waals surface area contributed by atoms with Gasteiger partial charge >= 0.3 is 0 Å². The summed E-state index contributed by atoms with van der Waals surface area (Å²) in [4.78, 5) is 0. The van der Waals surface area contributed by atoms with Crippen molar-refractivity contribution < 1.29 is 9.26 Å². The Hall–Kier alpha value is -1.73. The van der Waals surface area contributed by atoms with Crippen molar-refractivity contribution in [3.63, 3.8) is 0 Å². The molecule has 0 spiro atoms. The summed E-state index contributed by atoms with van der Waals surface area (Å²) in [6, 6.07) is 12.7. The van der Waals surface area contributed by atoms with E-state index in [1.807, 2.05) is 13.1 Å². The molecule has 0 aromatic heterocycles. The third-order valence-corrected chi connectivity index (χ3v) is 4.78. The van der Waals surface area contributed by atoms with Crippen LogP contribution in [-0.2, 0) is 12.8 Å². The Morgan fingerprint density at radius 3 is 2.64 bits per heavy atom. The summed E-state index contributed by atoms with van der Waals surface area (Å²) < 4.78 is 10.6. The highest BCUT2D eigenvalue weighted by atomic mass is 31.0. The van der Waals surface area contributed by atoms with Crippen LogP contribution in [0.25, 0.3) is 0 Å². The second-order valence-corrected chi connectivity index (χ2v) is 5.93. The summed E-state index contributed by atoms with van der Waals surface area (Å²) in [6.07, 6.45) is 3.33. The number of benzene rings is 2. The molecule has 4 heteroatoms. The average Bonchev–Trinajstić information content (AvgIpc) is 2.60.